The number of amides is 2. The van der Waals surface area contributed by atoms with Crippen LogP contribution in [-0.4, -0.2) is 23.9 Å². The summed E-state index contributed by atoms with van der Waals surface area (Å²) in [5, 5.41) is 5.11. The van der Waals surface area contributed by atoms with E-state index in [0.717, 1.165) is 30.6 Å². The van der Waals surface area contributed by atoms with Gasteiger partial charge in [-0.3, -0.25) is 14.5 Å². The van der Waals surface area contributed by atoms with Gasteiger partial charge in [0.2, 0.25) is 11.8 Å². The lowest BCUT2D eigenvalue weighted by atomic mass is 10.0. The van der Waals surface area contributed by atoms with E-state index in [2.05, 4.69) is 11.9 Å². The second-order valence-electron chi connectivity index (χ2n) is 7.32. The molecule has 1 aromatic heterocycles. The molecule has 2 amide bonds. The highest BCUT2D eigenvalue weighted by molar-refractivity contribution is 7.10. The number of allylic oxidation sites excluding steroid dienone is 1. The molecule has 152 valence electrons. The minimum atomic E-state index is -0.776. The lowest BCUT2D eigenvalue weighted by molar-refractivity contribution is -0.125. The number of anilines is 1. The van der Waals surface area contributed by atoms with Crippen LogP contribution in [0.1, 0.15) is 37.5 Å². The minimum absolute atomic E-state index is 0.115. The van der Waals surface area contributed by atoms with Crippen LogP contribution in [0.3, 0.4) is 0 Å². The van der Waals surface area contributed by atoms with Gasteiger partial charge in [0.15, 0.2) is 0 Å². The van der Waals surface area contributed by atoms with Crippen molar-refractivity contribution < 1.29 is 9.59 Å². The molecule has 0 saturated heterocycles. The van der Waals surface area contributed by atoms with E-state index >= 15 is 0 Å². The standard InChI is InChI=1S/C24H28N2O2S/c1-3-10-18(2)23(24(28)25-19-11-7-8-12-19)26(20-13-5-4-6-14-20)22(27)17-21-15-9-16-29-21/h3-6,9-10,13-16,19,23H,2,7-8,11-12,17H2,1H3,(H,25,28). The van der Waals surface area contributed by atoms with Crippen LogP contribution in [0.25, 0.3) is 0 Å². The minimum Gasteiger partial charge on any atom is -0.351 e. The highest BCUT2D eigenvalue weighted by Crippen LogP contribution is 2.25. The Kier molecular flexibility index (Phi) is 7.42. The molecule has 1 unspecified atom stereocenters. The van der Waals surface area contributed by atoms with Gasteiger partial charge in [0, 0.05) is 16.6 Å². The lowest BCUT2D eigenvalue weighted by Crippen LogP contribution is -2.52. The smallest absolute Gasteiger partial charge is 0.248 e. The molecule has 1 aromatic carbocycles. The van der Waals surface area contributed by atoms with Crippen molar-refractivity contribution in [3.8, 4) is 0 Å². The average Bonchev–Trinajstić information content (AvgIpc) is 3.40. The fourth-order valence-corrected chi connectivity index (χ4v) is 4.48. The monoisotopic (exact) mass is 408 g/mol. The first-order valence-electron chi connectivity index (χ1n) is 10.1. The number of nitrogens with one attached hydrogen (secondary N) is 1. The number of carbonyl (C=O) groups is 2. The van der Waals surface area contributed by atoms with Crippen LogP contribution in [0.4, 0.5) is 5.69 Å². The van der Waals surface area contributed by atoms with Crippen molar-refractivity contribution in [2.75, 3.05) is 4.90 Å². The fraction of sp³-hybridized carbons (Fsp3) is 0.333. The zero-order valence-corrected chi connectivity index (χ0v) is 17.7. The highest BCUT2D eigenvalue weighted by atomic mass is 32.1. The predicted molar refractivity (Wildman–Crippen MR) is 120 cm³/mol. The summed E-state index contributed by atoms with van der Waals surface area (Å²) in [6, 6.07) is 12.7. The molecule has 29 heavy (non-hydrogen) atoms. The number of carbonyl (C=O) groups excluding carboxylic acids is 2. The molecule has 0 spiro atoms. The van der Waals surface area contributed by atoms with Gasteiger partial charge < -0.3 is 5.32 Å². The Bertz CT molecular complexity index is 852. The van der Waals surface area contributed by atoms with Crippen molar-refractivity contribution in [2.45, 2.75) is 51.1 Å². The van der Waals surface area contributed by atoms with Crippen LogP contribution in [0.5, 0.6) is 0 Å². The third-order valence-corrected chi connectivity index (χ3v) is 6.03. The Hall–Kier alpha value is -2.66. The van der Waals surface area contributed by atoms with Crippen LogP contribution < -0.4 is 10.2 Å². The molecule has 3 rings (SSSR count). The molecule has 4 nitrogen and oxygen atoms in total. The van der Waals surface area contributed by atoms with Crippen LogP contribution in [0.2, 0.25) is 0 Å². The summed E-state index contributed by atoms with van der Waals surface area (Å²) in [6.45, 7) is 6.01. The molecule has 2 aromatic rings. The second-order valence-corrected chi connectivity index (χ2v) is 8.36. The Balaban J connectivity index is 1.95. The number of benzene rings is 1. The number of nitrogens with zero attached hydrogens (tertiary/aromatic N) is 1. The molecule has 1 aliphatic carbocycles. The topological polar surface area (TPSA) is 49.4 Å². The van der Waals surface area contributed by atoms with Gasteiger partial charge in [-0.2, -0.15) is 0 Å². The van der Waals surface area contributed by atoms with Gasteiger partial charge in [-0.15, -0.1) is 11.3 Å². The number of rotatable bonds is 8. The van der Waals surface area contributed by atoms with E-state index in [1.54, 1.807) is 16.2 Å². The number of thiophene rings is 1. The van der Waals surface area contributed by atoms with E-state index in [-0.39, 0.29) is 24.3 Å². The van der Waals surface area contributed by atoms with E-state index in [0.29, 0.717) is 11.3 Å². The maximum atomic E-state index is 13.4. The third kappa shape index (κ3) is 5.45. The highest BCUT2D eigenvalue weighted by Gasteiger charge is 2.34. The van der Waals surface area contributed by atoms with Gasteiger partial charge in [0.05, 0.1) is 6.42 Å². The molecule has 5 heteroatoms. The normalized spacial score (nSPS) is 15.3. The summed E-state index contributed by atoms with van der Waals surface area (Å²) in [6.07, 6.45) is 8.16. The van der Waals surface area contributed by atoms with E-state index in [1.807, 2.05) is 66.9 Å². The summed E-state index contributed by atoms with van der Waals surface area (Å²) in [5.74, 6) is -0.278. The van der Waals surface area contributed by atoms with Crippen molar-refractivity contribution >= 4 is 28.8 Å². The van der Waals surface area contributed by atoms with Gasteiger partial charge in [-0.1, -0.05) is 55.8 Å². The van der Waals surface area contributed by atoms with Gasteiger partial charge in [-0.05, 0) is 48.9 Å². The van der Waals surface area contributed by atoms with E-state index in [9.17, 15) is 9.59 Å². The first kappa shape index (κ1) is 21.1. The number of hydrogen-bond donors (Lipinski definition) is 1. The van der Waals surface area contributed by atoms with Crippen LogP contribution >= 0.6 is 11.3 Å². The summed E-state index contributed by atoms with van der Waals surface area (Å²) in [5.41, 5.74) is 1.30. The number of para-hydroxylation sites is 1. The first-order chi connectivity index (χ1) is 14.1. The van der Waals surface area contributed by atoms with Crippen molar-refractivity contribution in [3.63, 3.8) is 0 Å². The second kappa shape index (κ2) is 10.2. The maximum absolute atomic E-state index is 13.4. The van der Waals surface area contributed by atoms with Crippen LogP contribution in [-0.2, 0) is 16.0 Å². The molecule has 1 N–H and O–H groups in total. The Morgan fingerprint density at radius 1 is 1.21 bits per heavy atom. The van der Waals surface area contributed by atoms with E-state index in [4.69, 9.17) is 0 Å². The van der Waals surface area contributed by atoms with Gasteiger partial charge >= 0.3 is 0 Å². The Morgan fingerprint density at radius 2 is 1.93 bits per heavy atom. The van der Waals surface area contributed by atoms with Crippen molar-refractivity contribution in [3.05, 3.63) is 77.0 Å². The summed E-state index contributed by atoms with van der Waals surface area (Å²) in [7, 11) is 0. The van der Waals surface area contributed by atoms with Crippen LogP contribution in [0.15, 0.2) is 72.1 Å². The Labute approximate surface area is 176 Å². The molecular formula is C24H28N2O2S. The molecular weight excluding hydrogens is 380 g/mol. The fourth-order valence-electron chi connectivity index (χ4n) is 3.78. The zero-order valence-electron chi connectivity index (χ0n) is 16.8. The molecule has 1 aliphatic rings. The molecule has 0 bridgehead atoms. The summed E-state index contributed by atoms with van der Waals surface area (Å²) < 4.78 is 0. The molecule has 1 fully saturated rings. The molecule has 1 atom stereocenters. The predicted octanol–water partition coefficient (Wildman–Crippen LogP) is 4.88. The van der Waals surface area contributed by atoms with E-state index < -0.39 is 6.04 Å². The average molecular weight is 409 g/mol. The SMILES string of the molecule is C=C(C=CC)C(C(=O)NC1CCCC1)N(C(=O)Cc1cccs1)c1ccccc1. The molecule has 0 radical (unpaired) electrons. The quantitative estimate of drug-likeness (QED) is 0.633. The van der Waals surface area contributed by atoms with Crippen molar-refractivity contribution in [1.29, 1.82) is 0 Å². The molecule has 1 saturated carbocycles. The van der Waals surface area contributed by atoms with Crippen molar-refractivity contribution in [1.82, 2.24) is 5.32 Å². The van der Waals surface area contributed by atoms with Crippen molar-refractivity contribution in [2.24, 2.45) is 0 Å². The largest absolute Gasteiger partial charge is 0.351 e. The Morgan fingerprint density at radius 3 is 2.55 bits per heavy atom. The van der Waals surface area contributed by atoms with E-state index in [1.165, 1.54) is 0 Å². The van der Waals surface area contributed by atoms with Gasteiger partial charge in [0.1, 0.15) is 6.04 Å². The van der Waals surface area contributed by atoms with Gasteiger partial charge in [0.25, 0.3) is 0 Å². The van der Waals surface area contributed by atoms with Gasteiger partial charge in [-0.25, -0.2) is 0 Å². The number of hydrogen-bond acceptors (Lipinski definition) is 3. The third-order valence-electron chi connectivity index (χ3n) is 5.15. The zero-order chi connectivity index (χ0) is 20.6. The molecule has 1 heterocycles. The summed E-state index contributed by atoms with van der Waals surface area (Å²) in [4.78, 5) is 29.3. The summed E-state index contributed by atoms with van der Waals surface area (Å²) >= 11 is 1.54. The molecule has 0 aliphatic heterocycles. The maximum Gasteiger partial charge on any atom is 0.248 e. The lowest BCUT2D eigenvalue weighted by Gasteiger charge is -2.32. The van der Waals surface area contributed by atoms with Crippen LogP contribution in [0, 0.1) is 0 Å². The first-order valence-corrected chi connectivity index (χ1v) is 11.0.